The van der Waals surface area contributed by atoms with Gasteiger partial charge in [0.05, 0.1) is 46.2 Å². The van der Waals surface area contributed by atoms with E-state index in [2.05, 4.69) is 29.6 Å². The molecule has 1 aliphatic carbocycles. The van der Waals surface area contributed by atoms with Crippen molar-refractivity contribution in [3.63, 3.8) is 0 Å². The van der Waals surface area contributed by atoms with Gasteiger partial charge in [-0.05, 0) is 22.3 Å². The lowest BCUT2D eigenvalue weighted by Crippen LogP contribution is -2.29. The Kier molecular flexibility index (Phi) is 9.11. The van der Waals surface area contributed by atoms with E-state index in [1.165, 1.54) is 22.3 Å². The molecule has 0 saturated carbocycles. The molecule has 1 aliphatic rings. The maximum absolute atomic E-state index is 12.0. The van der Waals surface area contributed by atoms with Crippen LogP contribution in [0.1, 0.15) is 17.0 Å². The molecule has 1 amide bonds. The van der Waals surface area contributed by atoms with E-state index in [9.17, 15) is 4.79 Å². The largest absolute Gasteiger partial charge is 0.449 e. The van der Waals surface area contributed by atoms with Crippen LogP contribution in [0.25, 0.3) is 11.1 Å². The summed E-state index contributed by atoms with van der Waals surface area (Å²) in [6.45, 7) is 3.18. The van der Waals surface area contributed by atoms with Crippen molar-refractivity contribution in [1.82, 2.24) is 5.32 Å². The molecule has 0 aliphatic heterocycles. The summed E-state index contributed by atoms with van der Waals surface area (Å²) in [5.74, 6) is 0.0536. The number of hydrogen-bond donors (Lipinski definition) is 2. The number of ether oxygens (including phenoxy) is 4. The van der Waals surface area contributed by atoms with Gasteiger partial charge in [-0.25, -0.2) is 4.79 Å². The molecule has 0 bridgehead atoms. The molecule has 0 unspecified atom stereocenters. The number of rotatable bonds is 13. The van der Waals surface area contributed by atoms with Crippen molar-refractivity contribution in [2.75, 3.05) is 59.4 Å². The quantitative estimate of drug-likeness (QED) is 0.489. The minimum Gasteiger partial charge on any atom is -0.449 e. The molecule has 30 heavy (non-hydrogen) atoms. The highest BCUT2D eigenvalue weighted by atomic mass is 16.6. The third-order valence-electron chi connectivity index (χ3n) is 4.84. The molecule has 2 N–H and O–H groups in total. The van der Waals surface area contributed by atoms with E-state index in [1.54, 1.807) is 0 Å². The van der Waals surface area contributed by atoms with Gasteiger partial charge in [-0.1, -0.05) is 48.5 Å². The zero-order chi connectivity index (χ0) is 21.0. The third kappa shape index (κ3) is 6.27. The van der Waals surface area contributed by atoms with Gasteiger partial charge in [0.25, 0.3) is 0 Å². The van der Waals surface area contributed by atoms with E-state index in [0.29, 0.717) is 52.8 Å². The van der Waals surface area contributed by atoms with Crippen molar-refractivity contribution < 1.29 is 28.8 Å². The summed E-state index contributed by atoms with van der Waals surface area (Å²) in [5, 5.41) is 11.3. The number of carbonyl (C=O) groups is 1. The molecule has 7 nitrogen and oxygen atoms in total. The summed E-state index contributed by atoms with van der Waals surface area (Å²) in [5.41, 5.74) is 4.79. The zero-order valence-electron chi connectivity index (χ0n) is 17.0. The maximum atomic E-state index is 12.0. The van der Waals surface area contributed by atoms with Gasteiger partial charge in [-0.15, -0.1) is 0 Å². The van der Waals surface area contributed by atoms with Crippen LogP contribution in [0.3, 0.4) is 0 Å². The summed E-state index contributed by atoms with van der Waals surface area (Å²) in [7, 11) is 0. The van der Waals surface area contributed by atoms with Crippen molar-refractivity contribution in [3.8, 4) is 11.1 Å². The molecule has 2 aromatic rings. The lowest BCUT2D eigenvalue weighted by atomic mass is 9.98. The van der Waals surface area contributed by atoms with E-state index < -0.39 is 6.09 Å². The summed E-state index contributed by atoms with van der Waals surface area (Å²) < 4.78 is 21.3. The van der Waals surface area contributed by atoms with E-state index in [-0.39, 0.29) is 12.5 Å². The molecule has 162 valence electrons. The van der Waals surface area contributed by atoms with Gasteiger partial charge in [-0.3, -0.25) is 0 Å². The maximum Gasteiger partial charge on any atom is 0.407 e. The number of nitrogens with one attached hydrogen (secondary N) is 1. The summed E-state index contributed by atoms with van der Waals surface area (Å²) in [6, 6.07) is 16.5. The smallest absolute Gasteiger partial charge is 0.407 e. The van der Waals surface area contributed by atoms with E-state index >= 15 is 0 Å². The van der Waals surface area contributed by atoms with E-state index in [4.69, 9.17) is 24.1 Å². The first kappa shape index (κ1) is 22.2. The van der Waals surface area contributed by atoms with Gasteiger partial charge in [0, 0.05) is 12.5 Å². The number of carbonyl (C=O) groups excluding carboxylic acids is 1. The number of fused-ring (bicyclic) bond motifs is 3. The fourth-order valence-corrected chi connectivity index (χ4v) is 3.48. The second kappa shape index (κ2) is 12.3. The van der Waals surface area contributed by atoms with Crippen molar-refractivity contribution in [3.05, 3.63) is 59.7 Å². The van der Waals surface area contributed by atoms with Crippen LogP contribution in [0.4, 0.5) is 4.79 Å². The molecule has 7 heteroatoms. The van der Waals surface area contributed by atoms with Crippen LogP contribution in [0, 0.1) is 0 Å². The van der Waals surface area contributed by atoms with Gasteiger partial charge in [0.2, 0.25) is 0 Å². The van der Waals surface area contributed by atoms with Gasteiger partial charge >= 0.3 is 6.09 Å². The lowest BCUT2D eigenvalue weighted by Gasteiger charge is -2.14. The molecular formula is C23H29NO6. The molecule has 0 saturated heterocycles. The summed E-state index contributed by atoms with van der Waals surface area (Å²) in [6.07, 6.45) is -0.447. The second-order valence-corrected chi connectivity index (χ2v) is 6.81. The highest BCUT2D eigenvalue weighted by Crippen LogP contribution is 2.44. The Morgan fingerprint density at radius 1 is 0.800 bits per heavy atom. The average molecular weight is 415 g/mol. The molecule has 3 rings (SSSR count). The Bertz CT molecular complexity index is 751. The number of aliphatic hydroxyl groups excluding tert-OH is 1. The number of hydrogen-bond acceptors (Lipinski definition) is 6. The molecule has 0 aromatic heterocycles. The summed E-state index contributed by atoms with van der Waals surface area (Å²) >= 11 is 0. The predicted molar refractivity (Wildman–Crippen MR) is 113 cm³/mol. The van der Waals surface area contributed by atoms with E-state index in [0.717, 1.165) is 0 Å². The Morgan fingerprint density at radius 2 is 1.33 bits per heavy atom. The molecule has 0 heterocycles. The number of aliphatic hydroxyl groups is 1. The minimum atomic E-state index is -0.447. The van der Waals surface area contributed by atoms with Crippen LogP contribution >= 0.6 is 0 Å². The molecule has 0 radical (unpaired) electrons. The van der Waals surface area contributed by atoms with Crippen molar-refractivity contribution in [2.24, 2.45) is 0 Å². The van der Waals surface area contributed by atoms with Crippen LogP contribution in [0.5, 0.6) is 0 Å². The van der Waals surface area contributed by atoms with Gasteiger partial charge in [0.15, 0.2) is 0 Å². The highest BCUT2D eigenvalue weighted by molar-refractivity contribution is 5.79. The van der Waals surface area contributed by atoms with Crippen LogP contribution in [0.15, 0.2) is 48.5 Å². The third-order valence-corrected chi connectivity index (χ3v) is 4.84. The van der Waals surface area contributed by atoms with Gasteiger partial charge in [-0.2, -0.15) is 0 Å². The van der Waals surface area contributed by atoms with Crippen LogP contribution in [0.2, 0.25) is 0 Å². The fourth-order valence-electron chi connectivity index (χ4n) is 3.48. The Morgan fingerprint density at radius 3 is 1.93 bits per heavy atom. The van der Waals surface area contributed by atoms with Gasteiger partial charge in [0.1, 0.15) is 6.61 Å². The number of amides is 1. The van der Waals surface area contributed by atoms with Crippen molar-refractivity contribution in [1.29, 1.82) is 0 Å². The monoisotopic (exact) mass is 415 g/mol. The van der Waals surface area contributed by atoms with Crippen molar-refractivity contribution in [2.45, 2.75) is 5.92 Å². The molecule has 0 fully saturated rings. The van der Waals surface area contributed by atoms with E-state index in [1.807, 2.05) is 24.3 Å². The molecular weight excluding hydrogens is 386 g/mol. The SMILES string of the molecule is O=C(NCCOCCOCCOCCO)OCC1c2ccccc2-c2ccccc21. The average Bonchev–Trinajstić information content (AvgIpc) is 3.10. The van der Waals surface area contributed by atoms with Crippen LogP contribution < -0.4 is 5.32 Å². The van der Waals surface area contributed by atoms with Crippen molar-refractivity contribution >= 4 is 6.09 Å². The first-order valence-corrected chi connectivity index (χ1v) is 10.2. The molecule has 0 spiro atoms. The zero-order valence-corrected chi connectivity index (χ0v) is 17.0. The van der Waals surface area contributed by atoms with Crippen LogP contribution in [-0.2, 0) is 18.9 Å². The molecule has 2 aromatic carbocycles. The topological polar surface area (TPSA) is 86.3 Å². The van der Waals surface area contributed by atoms with Crippen LogP contribution in [-0.4, -0.2) is 70.6 Å². The first-order chi connectivity index (χ1) is 14.8. The predicted octanol–water partition coefficient (Wildman–Crippen LogP) is 2.57. The normalized spacial score (nSPS) is 12.4. The Hall–Kier alpha value is -2.45. The Balaban J connectivity index is 1.30. The Labute approximate surface area is 176 Å². The number of benzene rings is 2. The standard InChI is InChI=1S/C23H29NO6/c25-10-12-28-14-16-29-15-13-27-11-9-24-23(26)30-17-22-20-7-3-1-5-18(20)19-6-2-4-8-21(19)22/h1-8,22,25H,9-17H2,(H,24,26). The summed E-state index contributed by atoms with van der Waals surface area (Å²) in [4.78, 5) is 12.0. The highest BCUT2D eigenvalue weighted by Gasteiger charge is 2.28. The fraction of sp³-hybridized carbons (Fsp3) is 0.435. The molecule has 0 atom stereocenters. The first-order valence-electron chi connectivity index (χ1n) is 10.2. The second-order valence-electron chi connectivity index (χ2n) is 6.81. The minimum absolute atomic E-state index is 0.0137. The lowest BCUT2D eigenvalue weighted by molar-refractivity contribution is 0.00816. The van der Waals surface area contributed by atoms with Gasteiger partial charge < -0.3 is 29.4 Å². The number of alkyl carbamates (subject to hydrolysis) is 1.